The molecule has 7 heteroatoms. The van der Waals surface area contributed by atoms with Crippen LogP contribution in [0.25, 0.3) is 0 Å². The first-order valence-electron chi connectivity index (χ1n) is 4.21. The van der Waals surface area contributed by atoms with Crippen LogP contribution in [-0.4, -0.2) is 25.1 Å². The molecule has 2 aromatic heterocycles. The fraction of sp³-hybridized carbons (Fsp3) is 0.250. The summed E-state index contributed by atoms with van der Waals surface area (Å²) in [5.74, 6) is 1.52. The number of H-pyrrole nitrogens is 1. The lowest BCUT2D eigenvalue weighted by Gasteiger charge is -1.98. The highest BCUT2D eigenvalue weighted by molar-refractivity contribution is 9.10. The Hall–Kier alpha value is -0.950. The van der Waals surface area contributed by atoms with Crippen molar-refractivity contribution in [3.05, 3.63) is 22.3 Å². The molecule has 0 aliphatic carbocycles. The molecule has 5 nitrogen and oxygen atoms in total. The van der Waals surface area contributed by atoms with Gasteiger partial charge in [-0.1, -0.05) is 0 Å². The van der Waals surface area contributed by atoms with Crippen molar-refractivity contribution in [1.29, 1.82) is 0 Å². The number of rotatable bonds is 2. The van der Waals surface area contributed by atoms with Crippen molar-refractivity contribution in [3.8, 4) is 0 Å². The van der Waals surface area contributed by atoms with Gasteiger partial charge >= 0.3 is 0 Å². The van der Waals surface area contributed by atoms with Gasteiger partial charge in [-0.25, -0.2) is 15.0 Å². The van der Waals surface area contributed by atoms with E-state index in [2.05, 4.69) is 41.1 Å². The minimum Gasteiger partial charge on any atom is -0.262 e. The second-order valence-electron chi connectivity index (χ2n) is 2.88. The summed E-state index contributed by atoms with van der Waals surface area (Å²) in [6.07, 6.45) is 0. The number of halogens is 1. The topological polar surface area (TPSA) is 67.3 Å². The molecule has 78 valence electrons. The number of nitrogens with one attached hydrogen (secondary N) is 1. The highest BCUT2D eigenvalue weighted by Crippen LogP contribution is 2.24. The summed E-state index contributed by atoms with van der Waals surface area (Å²) in [7, 11) is 0. The van der Waals surface area contributed by atoms with E-state index in [-0.39, 0.29) is 0 Å². The number of nitrogens with zero attached hydrogens (tertiary/aromatic N) is 4. The van der Waals surface area contributed by atoms with Gasteiger partial charge in [-0.15, -0.1) is 5.10 Å². The van der Waals surface area contributed by atoms with Gasteiger partial charge in [0, 0.05) is 6.07 Å². The van der Waals surface area contributed by atoms with Gasteiger partial charge in [0.05, 0.1) is 0 Å². The number of hydrogen-bond acceptors (Lipinski definition) is 5. The van der Waals surface area contributed by atoms with Gasteiger partial charge < -0.3 is 0 Å². The molecule has 0 saturated carbocycles. The molecule has 0 radical (unpaired) electrons. The Morgan fingerprint density at radius 1 is 1.27 bits per heavy atom. The summed E-state index contributed by atoms with van der Waals surface area (Å²) in [5.41, 5.74) is 0. The Balaban J connectivity index is 2.24. The average molecular weight is 286 g/mol. The molecule has 1 N–H and O–H groups in total. The maximum atomic E-state index is 4.27. The van der Waals surface area contributed by atoms with Gasteiger partial charge in [0.1, 0.15) is 21.3 Å². The lowest BCUT2D eigenvalue weighted by Crippen LogP contribution is -1.90. The van der Waals surface area contributed by atoms with Crippen LogP contribution < -0.4 is 0 Å². The zero-order valence-electron chi connectivity index (χ0n) is 8.15. The number of hydrogen-bond donors (Lipinski definition) is 1. The van der Waals surface area contributed by atoms with Crippen molar-refractivity contribution in [2.24, 2.45) is 0 Å². The molecule has 0 bridgehead atoms. The highest BCUT2D eigenvalue weighted by atomic mass is 79.9. The van der Waals surface area contributed by atoms with Crippen LogP contribution in [0.3, 0.4) is 0 Å². The Morgan fingerprint density at radius 3 is 2.67 bits per heavy atom. The first-order valence-corrected chi connectivity index (χ1v) is 5.82. The fourth-order valence-electron chi connectivity index (χ4n) is 1.02. The molecule has 0 atom stereocenters. The van der Waals surface area contributed by atoms with Gasteiger partial charge in [0.25, 0.3) is 0 Å². The third kappa shape index (κ3) is 2.75. The Bertz CT molecular complexity index is 463. The second-order valence-corrected chi connectivity index (χ2v) is 4.68. The summed E-state index contributed by atoms with van der Waals surface area (Å²) in [6, 6.07) is 1.84. The molecule has 0 spiro atoms. The molecule has 15 heavy (non-hydrogen) atoms. The molecular formula is C8H8BrN5S. The van der Waals surface area contributed by atoms with Crippen LogP contribution in [0.1, 0.15) is 11.6 Å². The van der Waals surface area contributed by atoms with E-state index in [0.29, 0.717) is 5.16 Å². The van der Waals surface area contributed by atoms with E-state index in [0.717, 1.165) is 21.3 Å². The lowest BCUT2D eigenvalue weighted by atomic mass is 10.6. The molecule has 2 rings (SSSR count). The number of aromatic amines is 1. The van der Waals surface area contributed by atoms with Crippen LogP contribution in [-0.2, 0) is 0 Å². The molecule has 0 aliphatic heterocycles. The van der Waals surface area contributed by atoms with E-state index in [4.69, 9.17) is 0 Å². The third-order valence-corrected chi connectivity index (χ3v) is 2.75. The molecule has 2 aromatic rings. The molecule has 0 amide bonds. The van der Waals surface area contributed by atoms with Crippen LogP contribution >= 0.6 is 27.7 Å². The van der Waals surface area contributed by atoms with Crippen molar-refractivity contribution < 1.29 is 0 Å². The molecule has 0 fully saturated rings. The zero-order valence-corrected chi connectivity index (χ0v) is 10.6. The monoisotopic (exact) mass is 285 g/mol. The Morgan fingerprint density at radius 2 is 2.07 bits per heavy atom. The van der Waals surface area contributed by atoms with Crippen LogP contribution in [0.5, 0.6) is 0 Å². The fourth-order valence-corrected chi connectivity index (χ4v) is 2.45. The highest BCUT2D eigenvalue weighted by Gasteiger charge is 2.05. The van der Waals surface area contributed by atoms with Gasteiger partial charge in [-0.3, -0.25) is 5.10 Å². The maximum Gasteiger partial charge on any atom is 0.214 e. The molecule has 0 unspecified atom stereocenters. The third-order valence-electron chi connectivity index (χ3n) is 1.56. The summed E-state index contributed by atoms with van der Waals surface area (Å²) < 4.78 is 0.768. The predicted octanol–water partition coefficient (Wildman–Crippen LogP) is 2.13. The number of aryl methyl sites for hydroxylation is 2. The molecule has 0 aromatic carbocycles. The standard InChI is InChI=1S/C8H8BrN5S/c1-4-10-6(9)3-7(11-4)15-8-12-5(2)13-14-8/h3H,1-2H3,(H,12,13,14). The molecular weight excluding hydrogens is 278 g/mol. The van der Waals surface area contributed by atoms with Crippen molar-refractivity contribution in [1.82, 2.24) is 25.1 Å². The first-order chi connectivity index (χ1) is 7.13. The Labute approximate surface area is 99.3 Å². The summed E-state index contributed by atoms with van der Waals surface area (Å²) in [5, 5.41) is 8.29. The molecule has 0 saturated heterocycles. The van der Waals surface area contributed by atoms with Crippen LogP contribution in [0.15, 0.2) is 20.9 Å². The maximum absolute atomic E-state index is 4.27. The van der Waals surface area contributed by atoms with Gasteiger partial charge in [-0.2, -0.15) is 0 Å². The normalized spacial score (nSPS) is 10.6. The summed E-state index contributed by atoms with van der Waals surface area (Å²) >= 11 is 4.72. The smallest absolute Gasteiger partial charge is 0.214 e. The van der Waals surface area contributed by atoms with E-state index in [1.54, 1.807) is 0 Å². The minimum atomic E-state index is 0.664. The van der Waals surface area contributed by atoms with Crippen LogP contribution in [0.4, 0.5) is 0 Å². The number of aromatic nitrogens is 5. The summed E-state index contributed by atoms with van der Waals surface area (Å²) in [4.78, 5) is 12.6. The lowest BCUT2D eigenvalue weighted by molar-refractivity contribution is 0.932. The molecule has 0 aliphatic rings. The van der Waals surface area contributed by atoms with Crippen LogP contribution in [0, 0.1) is 13.8 Å². The van der Waals surface area contributed by atoms with Crippen molar-refractivity contribution in [2.75, 3.05) is 0 Å². The predicted molar refractivity (Wildman–Crippen MR) is 59.7 cm³/mol. The van der Waals surface area contributed by atoms with Crippen molar-refractivity contribution in [3.63, 3.8) is 0 Å². The average Bonchev–Trinajstić information content (AvgIpc) is 2.49. The van der Waals surface area contributed by atoms with Gasteiger partial charge in [0.15, 0.2) is 0 Å². The Kier molecular flexibility index (Phi) is 3.01. The van der Waals surface area contributed by atoms with E-state index in [1.807, 2.05) is 19.9 Å². The minimum absolute atomic E-state index is 0.664. The first kappa shape index (κ1) is 10.6. The summed E-state index contributed by atoms with van der Waals surface area (Å²) in [6.45, 7) is 3.70. The van der Waals surface area contributed by atoms with Crippen LogP contribution in [0.2, 0.25) is 0 Å². The second kappa shape index (κ2) is 4.28. The van der Waals surface area contributed by atoms with E-state index < -0.39 is 0 Å². The SMILES string of the molecule is Cc1nc(Br)cc(Sc2n[nH]c(C)n2)n1. The molecule has 2 heterocycles. The van der Waals surface area contributed by atoms with E-state index in [9.17, 15) is 0 Å². The quantitative estimate of drug-likeness (QED) is 0.856. The van der Waals surface area contributed by atoms with Gasteiger partial charge in [-0.05, 0) is 41.5 Å². The van der Waals surface area contributed by atoms with E-state index in [1.165, 1.54) is 11.8 Å². The largest absolute Gasteiger partial charge is 0.262 e. The zero-order chi connectivity index (χ0) is 10.8. The van der Waals surface area contributed by atoms with Gasteiger partial charge in [0.2, 0.25) is 5.16 Å². The van der Waals surface area contributed by atoms with E-state index >= 15 is 0 Å². The van der Waals surface area contributed by atoms with Crippen molar-refractivity contribution >= 4 is 27.7 Å². The van der Waals surface area contributed by atoms with Crippen molar-refractivity contribution in [2.45, 2.75) is 24.0 Å².